The first-order valence-corrected chi connectivity index (χ1v) is 8.15. The van der Waals surface area contributed by atoms with Crippen molar-refractivity contribution in [3.63, 3.8) is 0 Å². The lowest BCUT2D eigenvalue weighted by Gasteiger charge is -2.37. The molecule has 2 rings (SSSR count). The first-order valence-electron chi connectivity index (χ1n) is 8.15. The van der Waals surface area contributed by atoms with E-state index in [1.807, 2.05) is 0 Å². The van der Waals surface area contributed by atoms with Gasteiger partial charge in [0.15, 0.2) is 0 Å². The van der Waals surface area contributed by atoms with Gasteiger partial charge in [-0.3, -0.25) is 0 Å². The Morgan fingerprint density at radius 3 is 1.79 bits per heavy atom. The van der Waals surface area contributed by atoms with Gasteiger partial charge in [0.1, 0.15) is 0 Å². The van der Waals surface area contributed by atoms with Crippen molar-refractivity contribution in [2.45, 2.75) is 83.0 Å². The maximum absolute atomic E-state index is 3.91. The summed E-state index contributed by atoms with van der Waals surface area (Å²) in [5.74, 6) is 0. The van der Waals surface area contributed by atoms with Gasteiger partial charge >= 0.3 is 0 Å². The van der Waals surface area contributed by atoms with Crippen LogP contribution in [0.5, 0.6) is 0 Å². The van der Waals surface area contributed by atoms with Crippen molar-refractivity contribution in [1.29, 1.82) is 0 Å². The van der Waals surface area contributed by atoms with E-state index < -0.39 is 0 Å². The van der Waals surface area contributed by atoms with Gasteiger partial charge in [-0.05, 0) is 79.4 Å². The Balaban J connectivity index is 1.66. The number of rotatable bonds is 3. The Bertz CT molecular complexity index is 256. The van der Waals surface area contributed by atoms with Crippen LogP contribution in [0, 0.1) is 0 Å². The van der Waals surface area contributed by atoms with Crippen LogP contribution in [0.3, 0.4) is 0 Å². The van der Waals surface area contributed by atoms with Gasteiger partial charge in [0.05, 0.1) is 0 Å². The minimum Gasteiger partial charge on any atom is -0.311 e. The summed E-state index contributed by atoms with van der Waals surface area (Å²) in [6, 6.07) is 2.27. The molecule has 0 atom stereocenters. The van der Waals surface area contributed by atoms with Crippen LogP contribution in [-0.2, 0) is 0 Å². The Hall–Kier alpha value is -0.120. The molecule has 2 aliphatic rings. The molecule has 1 heterocycles. The summed E-state index contributed by atoms with van der Waals surface area (Å²) >= 11 is 0. The van der Waals surface area contributed by atoms with Crippen molar-refractivity contribution in [2.24, 2.45) is 0 Å². The first kappa shape index (κ1) is 15.3. The van der Waals surface area contributed by atoms with Gasteiger partial charge in [0, 0.05) is 23.7 Å². The molecule has 1 saturated carbocycles. The van der Waals surface area contributed by atoms with E-state index in [0.717, 1.165) is 18.1 Å². The highest BCUT2D eigenvalue weighted by atomic mass is 15.1. The summed E-state index contributed by atoms with van der Waals surface area (Å²) in [4.78, 5) is 2.45. The van der Waals surface area contributed by atoms with Crippen molar-refractivity contribution in [1.82, 2.24) is 15.5 Å². The molecule has 0 unspecified atom stereocenters. The van der Waals surface area contributed by atoms with Gasteiger partial charge in [-0.25, -0.2) is 0 Å². The van der Waals surface area contributed by atoms with Crippen LogP contribution in [0.4, 0.5) is 0 Å². The molecular weight excluding hydrogens is 234 g/mol. The highest BCUT2D eigenvalue weighted by Gasteiger charge is 2.26. The molecule has 0 aromatic carbocycles. The SMILES string of the molecule is CN1CCC(NC2CCC(NC(C)(C)C)CC2)CC1. The van der Waals surface area contributed by atoms with Crippen LogP contribution in [0.2, 0.25) is 0 Å². The normalized spacial score (nSPS) is 31.6. The van der Waals surface area contributed by atoms with Crippen molar-refractivity contribution in [2.75, 3.05) is 20.1 Å². The van der Waals surface area contributed by atoms with Crippen molar-refractivity contribution in [3.8, 4) is 0 Å². The molecule has 1 aliphatic heterocycles. The number of hydrogen-bond donors (Lipinski definition) is 2. The molecule has 0 amide bonds. The molecular formula is C16H33N3. The molecule has 19 heavy (non-hydrogen) atoms. The summed E-state index contributed by atoms with van der Waals surface area (Å²) in [6.07, 6.45) is 8.02. The van der Waals surface area contributed by atoms with Gasteiger partial charge < -0.3 is 15.5 Å². The van der Waals surface area contributed by atoms with E-state index in [1.54, 1.807) is 0 Å². The minimum absolute atomic E-state index is 0.263. The smallest absolute Gasteiger partial charge is 0.00990 e. The van der Waals surface area contributed by atoms with Gasteiger partial charge in [-0.15, -0.1) is 0 Å². The topological polar surface area (TPSA) is 27.3 Å². The maximum Gasteiger partial charge on any atom is 0.00990 e. The third kappa shape index (κ3) is 5.41. The van der Waals surface area contributed by atoms with Gasteiger partial charge in [0.2, 0.25) is 0 Å². The minimum atomic E-state index is 0.263. The second-order valence-electron chi connectivity index (χ2n) is 7.69. The van der Waals surface area contributed by atoms with E-state index in [1.165, 1.54) is 51.6 Å². The lowest BCUT2D eigenvalue weighted by Crippen LogP contribution is -2.50. The molecule has 0 aromatic rings. The number of nitrogens with one attached hydrogen (secondary N) is 2. The molecule has 2 N–H and O–H groups in total. The molecule has 1 aliphatic carbocycles. The lowest BCUT2D eigenvalue weighted by atomic mass is 9.88. The monoisotopic (exact) mass is 267 g/mol. The van der Waals surface area contributed by atoms with E-state index in [9.17, 15) is 0 Å². The summed E-state index contributed by atoms with van der Waals surface area (Å²) in [6.45, 7) is 9.35. The average molecular weight is 267 g/mol. The zero-order valence-electron chi connectivity index (χ0n) is 13.3. The molecule has 0 spiro atoms. The maximum atomic E-state index is 3.91. The van der Waals surface area contributed by atoms with Crippen LogP contribution < -0.4 is 10.6 Å². The van der Waals surface area contributed by atoms with Gasteiger partial charge in [0.25, 0.3) is 0 Å². The molecule has 2 fully saturated rings. The zero-order valence-corrected chi connectivity index (χ0v) is 13.3. The second-order valence-corrected chi connectivity index (χ2v) is 7.69. The molecule has 0 aromatic heterocycles. The van der Waals surface area contributed by atoms with Crippen LogP contribution in [0.25, 0.3) is 0 Å². The zero-order chi connectivity index (χ0) is 13.9. The fraction of sp³-hybridized carbons (Fsp3) is 1.00. The highest BCUT2D eigenvalue weighted by Crippen LogP contribution is 2.22. The molecule has 3 nitrogen and oxygen atoms in total. The highest BCUT2D eigenvalue weighted by molar-refractivity contribution is 4.87. The van der Waals surface area contributed by atoms with Crippen LogP contribution in [0.15, 0.2) is 0 Å². The van der Waals surface area contributed by atoms with Gasteiger partial charge in [-0.1, -0.05) is 0 Å². The Morgan fingerprint density at radius 2 is 1.26 bits per heavy atom. The standard InChI is InChI=1S/C16H33N3/c1-16(2,3)18-15-7-5-13(6-8-15)17-14-9-11-19(4)12-10-14/h13-15,17-18H,5-12H2,1-4H3. The van der Waals surface area contributed by atoms with E-state index in [4.69, 9.17) is 0 Å². The summed E-state index contributed by atoms with van der Waals surface area (Å²) < 4.78 is 0. The van der Waals surface area contributed by atoms with Crippen molar-refractivity contribution < 1.29 is 0 Å². The largest absolute Gasteiger partial charge is 0.311 e. The molecule has 112 valence electrons. The first-order chi connectivity index (χ1) is 8.92. The fourth-order valence-electron chi connectivity index (χ4n) is 3.53. The van der Waals surface area contributed by atoms with Crippen molar-refractivity contribution >= 4 is 0 Å². The predicted molar refractivity (Wildman–Crippen MR) is 82.6 cm³/mol. The number of likely N-dealkylation sites (tertiary alicyclic amines) is 1. The molecule has 1 saturated heterocycles. The third-order valence-corrected chi connectivity index (χ3v) is 4.55. The van der Waals surface area contributed by atoms with Gasteiger partial charge in [-0.2, -0.15) is 0 Å². The van der Waals surface area contributed by atoms with E-state index >= 15 is 0 Å². The van der Waals surface area contributed by atoms with Crippen molar-refractivity contribution in [3.05, 3.63) is 0 Å². The summed E-state index contributed by atoms with van der Waals surface area (Å²) in [7, 11) is 2.24. The quantitative estimate of drug-likeness (QED) is 0.822. The molecule has 0 bridgehead atoms. The number of nitrogens with zero attached hydrogens (tertiary/aromatic N) is 1. The van der Waals surface area contributed by atoms with E-state index in [-0.39, 0.29) is 5.54 Å². The predicted octanol–water partition coefficient (Wildman–Crippen LogP) is 2.37. The van der Waals surface area contributed by atoms with E-state index in [0.29, 0.717) is 0 Å². The Labute approximate surface area is 119 Å². The number of hydrogen-bond acceptors (Lipinski definition) is 3. The Morgan fingerprint density at radius 1 is 0.789 bits per heavy atom. The third-order valence-electron chi connectivity index (χ3n) is 4.55. The van der Waals surface area contributed by atoms with E-state index in [2.05, 4.69) is 43.4 Å². The summed E-state index contributed by atoms with van der Waals surface area (Å²) in [5.41, 5.74) is 0.263. The second kappa shape index (κ2) is 6.55. The van der Waals surface area contributed by atoms with Crippen LogP contribution in [-0.4, -0.2) is 48.7 Å². The van der Waals surface area contributed by atoms with Crippen LogP contribution in [0.1, 0.15) is 59.3 Å². The van der Waals surface area contributed by atoms with Crippen LogP contribution >= 0.6 is 0 Å². The molecule has 0 radical (unpaired) electrons. The fourth-order valence-corrected chi connectivity index (χ4v) is 3.53. The summed E-state index contributed by atoms with van der Waals surface area (Å²) in [5, 5.41) is 7.66. The lowest BCUT2D eigenvalue weighted by molar-refractivity contribution is 0.200. The molecule has 3 heteroatoms. The average Bonchev–Trinajstić information content (AvgIpc) is 2.33. The number of piperidine rings is 1. The Kier molecular flexibility index (Phi) is 5.27.